The molecule has 0 spiro atoms. The topological polar surface area (TPSA) is 71.2 Å². The van der Waals surface area contributed by atoms with Crippen LogP contribution in [0.3, 0.4) is 0 Å². The monoisotopic (exact) mass is 368 g/mol. The number of carboxylic acids is 1. The van der Waals surface area contributed by atoms with Gasteiger partial charge in [-0.1, -0.05) is 31.4 Å². The molecular weight excluding hydrogens is 349 g/mol. The van der Waals surface area contributed by atoms with Crippen molar-refractivity contribution in [2.75, 3.05) is 11.9 Å². The molecule has 0 bridgehead atoms. The lowest BCUT2D eigenvalue weighted by atomic mass is 9.94. The zero-order valence-electron chi connectivity index (χ0n) is 14.2. The normalized spacial score (nSPS) is 15.8. The van der Waals surface area contributed by atoms with Crippen molar-refractivity contribution < 1.29 is 23.1 Å². The molecule has 2 aromatic rings. The second kappa shape index (κ2) is 6.97. The number of hydrogen-bond acceptors (Lipinski definition) is 4. The van der Waals surface area contributed by atoms with Gasteiger partial charge in [-0.25, -0.2) is 4.79 Å². The first-order valence-electron chi connectivity index (χ1n) is 8.39. The van der Waals surface area contributed by atoms with Gasteiger partial charge in [0.25, 0.3) is 0 Å². The summed E-state index contributed by atoms with van der Waals surface area (Å²) in [5, 5.41) is 17.4. The predicted molar refractivity (Wildman–Crippen MR) is 88.6 cm³/mol. The number of hydrogen-bond donors (Lipinski definition) is 1. The number of nitrogens with zero attached hydrogens (tertiary/aromatic N) is 4. The molecule has 1 aromatic carbocycles. The molecule has 1 aliphatic carbocycles. The van der Waals surface area contributed by atoms with Crippen LogP contribution in [0.25, 0.3) is 5.69 Å². The Hall–Kier alpha value is -2.58. The van der Waals surface area contributed by atoms with Crippen molar-refractivity contribution >= 4 is 11.8 Å². The van der Waals surface area contributed by atoms with Crippen LogP contribution in [0.4, 0.5) is 19.0 Å². The fourth-order valence-electron chi connectivity index (χ4n) is 3.31. The predicted octanol–water partition coefficient (Wildman–Crippen LogP) is 3.75. The molecule has 1 saturated carbocycles. The standard InChI is InChI=1S/C17H19F3N4O2/c1-23(11-7-3-2-4-8-11)15-14(16(25)26)21-24(22-15)13-10-6-5-9-12(13)17(18,19)20/h5-6,9-11H,2-4,7-8H2,1H3,(H,25,26). The van der Waals surface area contributed by atoms with Crippen LogP contribution in [0, 0.1) is 0 Å². The van der Waals surface area contributed by atoms with Crippen LogP contribution >= 0.6 is 0 Å². The van der Waals surface area contributed by atoms with Crippen LogP contribution in [-0.2, 0) is 6.18 Å². The molecule has 0 unspecified atom stereocenters. The van der Waals surface area contributed by atoms with Gasteiger partial charge in [-0.05, 0) is 25.0 Å². The number of aromatic carboxylic acids is 1. The Labute approximate surface area is 148 Å². The molecule has 3 rings (SSSR count). The summed E-state index contributed by atoms with van der Waals surface area (Å²) in [5.74, 6) is -1.24. The number of carbonyl (C=O) groups is 1. The van der Waals surface area contributed by atoms with Gasteiger partial charge in [-0.2, -0.15) is 13.2 Å². The number of carboxylic acid groups (broad SMARTS) is 1. The van der Waals surface area contributed by atoms with Crippen LogP contribution in [0.1, 0.15) is 48.2 Å². The third-order valence-electron chi connectivity index (χ3n) is 4.68. The maximum atomic E-state index is 13.3. The first-order valence-corrected chi connectivity index (χ1v) is 8.39. The highest BCUT2D eigenvalue weighted by Crippen LogP contribution is 2.34. The molecule has 9 heteroatoms. The number of alkyl halides is 3. The summed E-state index contributed by atoms with van der Waals surface area (Å²) in [6.45, 7) is 0. The van der Waals surface area contributed by atoms with Gasteiger partial charge in [0.15, 0.2) is 5.82 Å². The van der Waals surface area contributed by atoms with Crippen LogP contribution in [0.5, 0.6) is 0 Å². The molecule has 1 N–H and O–H groups in total. The first-order chi connectivity index (χ1) is 12.3. The second-order valence-corrected chi connectivity index (χ2v) is 6.38. The SMILES string of the molecule is CN(c1nn(-c2ccccc2C(F)(F)F)nc1C(=O)O)C1CCCCC1. The summed E-state index contributed by atoms with van der Waals surface area (Å²) in [6, 6.07) is 4.94. The lowest BCUT2D eigenvalue weighted by Gasteiger charge is -2.31. The minimum Gasteiger partial charge on any atom is -0.476 e. The number of anilines is 1. The van der Waals surface area contributed by atoms with Crippen LogP contribution in [0.2, 0.25) is 0 Å². The van der Waals surface area contributed by atoms with E-state index in [2.05, 4.69) is 10.2 Å². The first kappa shape index (κ1) is 18.2. The van der Waals surface area contributed by atoms with Crippen LogP contribution < -0.4 is 4.90 Å². The molecule has 140 valence electrons. The van der Waals surface area contributed by atoms with Gasteiger partial charge >= 0.3 is 12.1 Å². The smallest absolute Gasteiger partial charge is 0.418 e. The molecule has 0 saturated heterocycles. The third-order valence-corrected chi connectivity index (χ3v) is 4.68. The highest BCUT2D eigenvalue weighted by atomic mass is 19.4. The molecule has 0 atom stereocenters. The zero-order chi connectivity index (χ0) is 18.9. The van der Waals surface area contributed by atoms with E-state index in [0.717, 1.165) is 43.0 Å². The Bertz CT molecular complexity index is 798. The Balaban J connectivity index is 2.05. The molecule has 0 radical (unpaired) electrons. The van der Waals surface area contributed by atoms with E-state index in [4.69, 9.17) is 0 Å². The van der Waals surface area contributed by atoms with Gasteiger partial charge < -0.3 is 10.0 Å². The average molecular weight is 368 g/mol. The summed E-state index contributed by atoms with van der Waals surface area (Å²) in [5.41, 5.74) is -1.57. The number of benzene rings is 1. The molecule has 6 nitrogen and oxygen atoms in total. The summed E-state index contributed by atoms with van der Waals surface area (Å²) in [6.07, 6.45) is 0.374. The van der Waals surface area contributed by atoms with Crippen molar-refractivity contribution in [3.05, 3.63) is 35.5 Å². The van der Waals surface area contributed by atoms with Crippen molar-refractivity contribution in [3.8, 4) is 5.69 Å². The van der Waals surface area contributed by atoms with Crippen molar-refractivity contribution in [2.45, 2.75) is 44.3 Å². The summed E-state index contributed by atoms with van der Waals surface area (Å²) < 4.78 is 39.8. The summed E-state index contributed by atoms with van der Waals surface area (Å²) >= 11 is 0. The van der Waals surface area contributed by atoms with Crippen molar-refractivity contribution in [1.82, 2.24) is 15.0 Å². The lowest BCUT2D eigenvalue weighted by molar-refractivity contribution is -0.137. The van der Waals surface area contributed by atoms with Crippen LogP contribution in [0.15, 0.2) is 24.3 Å². The molecule has 0 aliphatic heterocycles. The fraction of sp³-hybridized carbons (Fsp3) is 0.471. The maximum absolute atomic E-state index is 13.3. The van der Waals surface area contributed by atoms with E-state index in [1.165, 1.54) is 18.2 Å². The van der Waals surface area contributed by atoms with Crippen molar-refractivity contribution in [1.29, 1.82) is 0 Å². The van der Waals surface area contributed by atoms with Gasteiger partial charge in [0.2, 0.25) is 5.69 Å². The number of para-hydroxylation sites is 1. The van der Waals surface area contributed by atoms with E-state index in [9.17, 15) is 23.1 Å². The molecule has 0 amide bonds. The highest BCUT2D eigenvalue weighted by Gasteiger charge is 2.35. The Morgan fingerprint density at radius 3 is 2.46 bits per heavy atom. The number of aromatic nitrogens is 3. The molecule has 1 heterocycles. The maximum Gasteiger partial charge on any atom is 0.418 e. The van der Waals surface area contributed by atoms with E-state index in [1.807, 2.05) is 0 Å². The molecule has 1 fully saturated rings. The molecule has 26 heavy (non-hydrogen) atoms. The van der Waals surface area contributed by atoms with Gasteiger partial charge in [0.1, 0.15) is 0 Å². The molecule has 1 aliphatic rings. The largest absolute Gasteiger partial charge is 0.476 e. The summed E-state index contributed by atoms with van der Waals surface area (Å²) in [4.78, 5) is 14.1. The van der Waals surface area contributed by atoms with Gasteiger partial charge in [0.05, 0.1) is 11.3 Å². The molecule has 1 aromatic heterocycles. The minimum absolute atomic E-state index is 0.0846. The highest BCUT2D eigenvalue weighted by molar-refractivity contribution is 5.91. The average Bonchev–Trinajstić information content (AvgIpc) is 3.06. The van der Waals surface area contributed by atoms with Crippen molar-refractivity contribution in [3.63, 3.8) is 0 Å². The number of halogens is 3. The second-order valence-electron chi connectivity index (χ2n) is 6.38. The van der Waals surface area contributed by atoms with Crippen LogP contribution in [-0.4, -0.2) is 39.2 Å². The van der Waals surface area contributed by atoms with E-state index >= 15 is 0 Å². The minimum atomic E-state index is -4.59. The Morgan fingerprint density at radius 2 is 1.85 bits per heavy atom. The fourth-order valence-corrected chi connectivity index (χ4v) is 3.31. The zero-order valence-corrected chi connectivity index (χ0v) is 14.2. The summed E-state index contributed by atoms with van der Waals surface area (Å²) in [7, 11) is 1.71. The Kier molecular flexibility index (Phi) is 4.88. The third kappa shape index (κ3) is 3.51. The van der Waals surface area contributed by atoms with Gasteiger partial charge in [-0.15, -0.1) is 15.0 Å². The number of rotatable bonds is 4. The van der Waals surface area contributed by atoms with E-state index in [0.29, 0.717) is 0 Å². The lowest BCUT2D eigenvalue weighted by Crippen LogP contribution is -2.34. The van der Waals surface area contributed by atoms with E-state index < -0.39 is 17.7 Å². The van der Waals surface area contributed by atoms with Gasteiger partial charge in [0, 0.05) is 13.1 Å². The molecular formula is C17H19F3N4O2. The van der Waals surface area contributed by atoms with Gasteiger partial charge in [-0.3, -0.25) is 0 Å². The van der Waals surface area contributed by atoms with E-state index in [1.54, 1.807) is 11.9 Å². The van der Waals surface area contributed by atoms with Crippen molar-refractivity contribution in [2.24, 2.45) is 0 Å². The van der Waals surface area contributed by atoms with E-state index in [-0.39, 0.29) is 23.2 Å². The Morgan fingerprint density at radius 1 is 1.19 bits per heavy atom. The quantitative estimate of drug-likeness (QED) is 0.890.